The fraction of sp³-hybridized carbons (Fsp3) is 0.522. The zero-order valence-electron chi connectivity index (χ0n) is 18.2. The summed E-state index contributed by atoms with van der Waals surface area (Å²) in [6, 6.07) is 8.97. The number of carbonyl (C=O) groups excluding carboxylic acids is 3. The van der Waals surface area contributed by atoms with E-state index >= 15 is 0 Å². The van der Waals surface area contributed by atoms with Crippen molar-refractivity contribution in [2.75, 3.05) is 26.2 Å². The second kappa shape index (κ2) is 9.30. The highest BCUT2D eigenvalue weighted by Crippen LogP contribution is 2.55. The first-order valence-electron chi connectivity index (χ1n) is 11.0. The molecule has 1 spiro atoms. The van der Waals surface area contributed by atoms with Gasteiger partial charge in [0.2, 0.25) is 11.8 Å². The van der Waals surface area contributed by atoms with E-state index in [4.69, 9.17) is 9.57 Å². The molecule has 1 saturated carbocycles. The number of hydroxylamine groups is 3. The molecule has 3 aliphatic rings. The molecule has 2 heterocycles. The molecule has 1 saturated heterocycles. The first-order valence-corrected chi connectivity index (χ1v) is 11.0. The molecule has 0 bridgehead atoms. The Labute approximate surface area is 186 Å². The molecule has 2 atom stereocenters. The lowest BCUT2D eigenvalue weighted by molar-refractivity contribution is -0.204. The average molecular weight is 444 g/mol. The fourth-order valence-corrected chi connectivity index (χ4v) is 4.73. The van der Waals surface area contributed by atoms with Gasteiger partial charge in [-0.25, -0.2) is 10.3 Å². The third kappa shape index (κ3) is 4.63. The maximum absolute atomic E-state index is 13.6. The molecule has 9 nitrogen and oxygen atoms in total. The van der Waals surface area contributed by atoms with E-state index in [1.807, 2.05) is 36.4 Å². The highest BCUT2D eigenvalue weighted by Gasteiger charge is 2.57. The molecular formula is C23H29N3O6. The van der Waals surface area contributed by atoms with E-state index in [9.17, 15) is 19.6 Å². The van der Waals surface area contributed by atoms with Gasteiger partial charge < -0.3 is 14.5 Å². The van der Waals surface area contributed by atoms with Crippen molar-refractivity contribution >= 4 is 23.5 Å². The molecule has 0 aromatic heterocycles. The van der Waals surface area contributed by atoms with Crippen molar-refractivity contribution in [3.8, 4) is 0 Å². The van der Waals surface area contributed by atoms with Gasteiger partial charge in [0, 0.05) is 19.6 Å². The average Bonchev–Trinajstić information content (AvgIpc) is 3.56. The molecule has 9 heteroatoms. The Morgan fingerprint density at radius 3 is 2.56 bits per heavy atom. The number of hydrogen-bond acceptors (Lipinski definition) is 7. The van der Waals surface area contributed by atoms with Crippen LogP contribution in [0.5, 0.6) is 0 Å². The molecule has 1 aromatic carbocycles. The highest BCUT2D eigenvalue weighted by atomic mass is 16.8. The molecule has 2 fully saturated rings. The lowest BCUT2D eigenvalue weighted by Crippen LogP contribution is -2.61. The third-order valence-electron chi connectivity index (χ3n) is 6.61. The number of nitrogens with zero attached hydrogens (tertiary/aromatic N) is 2. The summed E-state index contributed by atoms with van der Waals surface area (Å²) in [7, 11) is 0. The minimum Gasteiger partial charge on any atom is -0.433 e. The van der Waals surface area contributed by atoms with Gasteiger partial charge in [-0.1, -0.05) is 36.4 Å². The van der Waals surface area contributed by atoms with Crippen LogP contribution in [0.15, 0.2) is 36.4 Å². The number of hydrogen-bond donors (Lipinski definition) is 2. The number of benzene rings is 1. The van der Waals surface area contributed by atoms with Crippen LogP contribution in [0, 0.1) is 11.3 Å². The SMILES string of the molecule is CCOC(=O)ON1CC2(CC2)CC(C(=O)NO)C1C(=O)N1CC=C(c2ccccc2)CC1. The molecule has 32 heavy (non-hydrogen) atoms. The smallest absolute Gasteiger partial charge is 0.433 e. The van der Waals surface area contributed by atoms with Gasteiger partial charge in [-0.15, -0.1) is 5.06 Å². The van der Waals surface area contributed by atoms with E-state index in [0.717, 1.165) is 18.4 Å². The van der Waals surface area contributed by atoms with Gasteiger partial charge >= 0.3 is 6.16 Å². The largest absolute Gasteiger partial charge is 0.527 e. The zero-order valence-corrected chi connectivity index (χ0v) is 18.2. The minimum absolute atomic E-state index is 0.135. The van der Waals surface area contributed by atoms with E-state index in [2.05, 4.69) is 0 Å². The lowest BCUT2D eigenvalue weighted by Gasteiger charge is -2.43. The number of amides is 2. The second-order valence-corrected chi connectivity index (χ2v) is 8.71. The Balaban J connectivity index is 1.55. The van der Waals surface area contributed by atoms with Crippen LogP contribution in [0.25, 0.3) is 5.57 Å². The predicted octanol–water partition coefficient (Wildman–Crippen LogP) is 2.37. The van der Waals surface area contributed by atoms with Gasteiger partial charge in [0.25, 0.3) is 0 Å². The summed E-state index contributed by atoms with van der Waals surface area (Å²) >= 11 is 0. The molecule has 2 aliphatic heterocycles. The Bertz CT molecular complexity index is 898. The van der Waals surface area contributed by atoms with E-state index in [-0.39, 0.29) is 17.9 Å². The summed E-state index contributed by atoms with van der Waals surface area (Å²) < 4.78 is 4.90. The third-order valence-corrected chi connectivity index (χ3v) is 6.61. The molecule has 2 amide bonds. The molecule has 0 radical (unpaired) electrons. The Morgan fingerprint density at radius 1 is 1.22 bits per heavy atom. The van der Waals surface area contributed by atoms with Crippen molar-refractivity contribution in [2.24, 2.45) is 11.3 Å². The van der Waals surface area contributed by atoms with Crippen molar-refractivity contribution in [3.63, 3.8) is 0 Å². The zero-order chi connectivity index (χ0) is 22.7. The molecule has 172 valence electrons. The Kier molecular flexibility index (Phi) is 6.48. The van der Waals surface area contributed by atoms with Gasteiger partial charge in [0.1, 0.15) is 6.04 Å². The Hall–Kier alpha value is -2.91. The number of carbonyl (C=O) groups is 3. The van der Waals surface area contributed by atoms with Crippen LogP contribution in [0.1, 0.15) is 38.2 Å². The monoisotopic (exact) mass is 443 g/mol. The van der Waals surface area contributed by atoms with Crippen molar-refractivity contribution in [2.45, 2.75) is 38.6 Å². The first-order chi connectivity index (χ1) is 15.5. The van der Waals surface area contributed by atoms with Crippen molar-refractivity contribution in [1.29, 1.82) is 0 Å². The van der Waals surface area contributed by atoms with E-state index in [1.165, 1.54) is 10.6 Å². The summed E-state index contributed by atoms with van der Waals surface area (Å²) in [5, 5.41) is 10.6. The summed E-state index contributed by atoms with van der Waals surface area (Å²) in [5.74, 6) is -1.79. The minimum atomic E-state index is -1.02. The van der Waals surface area contributed by atoms with E-state index in [1.54, 1.807) is 17.3 Å². The van der Waals surface area contributed by atoms with Gasteiger partial charge in [0.15, 0.2) is 0 Å². The van der Waals surface area contributed by atoms with E-state index < -0.39 is 24.0 Å². The second-order valence-electron chi connectivity index (χ2n) is 8.71. The number of nitrogens with one attached hydrogen (secondary N) is 1. The maximum Gasteiger partial charge on any atom is 0.527 e. The molecule has 2 unspecified atom stereocenters. The van der Waals surface area contributed by atoms with Gasteiger partial charge in [-0.05, 0) is 49.2 Å². The first kappa shape index (κ1) is 22.3. The van der Waals surface area contributed by atoms with Gasteiger partial charge in [0.05, 0.1) is 12.5 Å². The number of ether oxygens (including phenoxy) is 1. The van der Waals surface area contributed by atoms with Crippen molar-refractivity contribution < 1.29 is 29.2 Å². The molecule has 1 aromatic rings. The number of rotatable bonds is 5. The topological polar surface area (TPSA) is 108 Å². The van der Waals surface area contributed by atoms with Crippen LogP contribution in [-0.4, -0.2) is 65.4 Å². The van der Waals surface area contributed by atoms with Crippen LogP contribution in [0.4, 0.5) is 4.79 Å². The fourth-order valence-electron chi connectivity index (χ4n) is 4.73. The predicted molar refractivity (Wildman–Crippen MR) is 114 cm³/mol. The van der Waals surface area contributed by atoms with Crippen molar-refractivity contribution in [1.82, 2.24) is 15.4 Å². The summed E-state index contributed by atoms with van der Waals surface area (Å²) in [4.78, 5) is 45.2. The van der Waals surface area contributed by atoms with Crippen LogP contribution in [0.3, 0.4) is 0 Å². The van der Waals surface area contributed by atoms with Crippen LogP contribution in [0.2, 0.25) is 0 Å². The summed E-state index contributed by atoms with van der Waals surface area (Å²) in [6.45, 7) is 3.04. The van der Waals surface area contributed by atoms with E-state index in [0.29, 0.717) is 32.5 Å². The Morgan fingerprint density at radius 2 is 1.97 bits per heavy atom. The molecule has 4 rings (SSSR count). The standard InChI is InChI=1S/C23H29N3O6/c1-2-31-22(29)32-26-15-23(10-11-23)14-18(20(27)24-30)19(26)21(28)25-12-8-17(9-13-25)16-6-4-3-5-7-16/h3-8,18-19,30H,2,9-15H2,1H3,(H,24,27). The summed E-state index contributed by atoms with van der Waals surface area (Å²) in [6.07, 6.45) is 3.99. The summed E-state index contributed by atoms with van der Waals surface area (Å²) in [5.41, 5.74) is 3.79. The quantitative estimate of drug-likeness (QED) is 0.409. The molecule has 1 aliphatic carbocycles. The van der Waals surface area contributed by atoms with Crippen LogP contribution >= 0.6 is 0 Å². The van der Waals surface area contributed by atoms with Gasteiger partial charge in [-0.3, -0.25) is 14.8 Å². The maximum atomic E-state index is 13.6. The normalized spacial score (nSPS) is 24.4. The van der Waals surface area contributed by atoms with Crippen LogP contribution < -0.4 is 5.48 Å². The molecular weight excluding hydrogens is 414 g/mol. The van der Waals surface area contributed by atoms with Gasteiger partial charge in [-0.2, -0.15) is 0 Å². The lowest BCUT2D eigenvalue weighted by atomic mass is 9.80. The number of piperidine rings is 1. The van der Waals surface area contributed by atoms with Crippen molar-refractivity contribution in [3.05, 3.63) is 42.0 Å². The molecule has 2 N–H and O–H groups in total. The van der Waals surface area contributed by atoms with Crippen LogP contribution in [-0.2, 0) is 19.2 Å². The highest BCUT2D eigenvalue weighted by molar-refractivity contribution is 5.90.